The van der Waals surface area contributed by atoms with E-state index in [1.54, 1.807) is 6.07 Å². The van der Waals surface area contributed by atoms with Crippen LogP contribution in [-0.4, -0.2) is 37.0 Å². The molecule has 1 amide bonds. The van der Waals surface area contributed by atoms with E-state index in [-0.39, 0.29) is 30.7 Å². The van der Waals surface area contributed by atoms with Crippen molar-refractivity contribution >= 4 is 39.7 Å². The largest absolute Gasteiger partial charge is 0.489 e. The summed E-state index contributed by atoms with van der Waals surface area (Å²) >= 11 is 1.34. The Bertz CT molecular complexity index is 926. The Kier molecular flexibility index (Phi) is 6.31. The summed E-state index contributed by atoms with van der Waals surface area (Å²) in [7, 11) is 0. The van der Waals surface area contributed by atoms with Gasteiger partial charge in [-0.2, -0.15) is 0 Å². The van der Waals surface area contributed by atoms with Crippen molar-refractivity contribution in [3.8, 4) is 5.75 Å². The molecule has 4 rings (SSSR count). The van der Waals surface area contributed by atoms with Gasteiger partial charge in [-0.3, -0.25) is 4.79 Å². The summed E-state index contributed by atoms with van der Waals surface area (Å²) in [5.74, 6) is 0.340. The fraction of sp³-hybridized carbons (Fsp3) is 0.250. The second-order valence-corrected chi connectivity index (χ2v) is 7.22. The third-order valence-electron chi connectivity index (χ3n) is 4.49. The lowest BCUT2D eigenvalue weighted by Gasteiger charge is -2.27. The molecule has 2 aromatic carbocycles. The number of carbonyl (C=O) groups is 1. The zero-order chi connectivity index (χ0) is 17.9. The first-order valence-corrected chi connectivity index (χ1v) is 9.43. The van der Waals surface area contributed by atoms with Crippen molar-refractivity contribution < 1.29 is 13.9 Å². The Balaban J connectivity index is 0.00000210. The van der Waals surface area contributed by atoms with Gasteiger partial charge in [-0.1, -0.05) is 24.3 Å². The number of hydrogen-bond donors (Lipinski definition) is 1. The molecule has 7 heteroatoms. The lowest BCUT2D eigenvalue weighted by molar-refractivity contribution is 0.0738. The van der Waals surface area contributed by atoms with E-state index in [9.17, 15) is 9.18 Å². The molecule has 1 N–H and O–H groups in total. The van der Waals surface area contributed by atoms with Crippen LogP contribution < -0.4 is 10.1 Å². The summed E-state index contributed by atoms with van der Waals surface area (Å²) in [6.45, 7) is 3.04. The average Bonchev–Trinajstić information content (AvgIpc) is 3.07. The summed E-state index contributed by atoms with van der Waals surface area (Å²) < 4.78 is 21.1. The monoisotopic (exact) mass is 406 g/mol. The predicted octanol–water partition coefficient (Wildman–Crippen LogP) is 4.09. The number of nitrogens with one attached hydrogen (secondary N) is 1. The highest BCUT2D eigenvalue weighted by Gasteiger charge is 2.26. The molecule has 1 aliphatic rings. The Morgan fingerprint density at radius 1 is 1.11 bits per heavy atom. The number of amides is 1. The molecular formula is C20H20ClFN2O2S. The normalized spacial score (nSPS) is 14.0. The maximum Gasteiger partial charge on any atom is 0.264 e. The maximum absolute atomic E-state index is 14.5. The van der Waals surface area contributed by atoms with E-state index < -0.39 is 0 Å². The van der Waals surface area contributed by atoms with Gasteiger partial charge in [0, 0.05) is 41.8 Å². The third kappa shape index (κ3) is 4.08. The standard InChI is InChI=1S/C20H19FN2O2S.ClH/c21-16-7-4-8-17-18(16)15(13-25-14-5-2-1-3-6-14)19(26-17)20(24)23-11-9-22-10-12-23;/h1-8,22H,9-13H2;1H. The number of rotatable bonds is 4. The van der Waals surface area contributed by atoms with Gasteiger partial charge >= 0.3 is 0 Å². The maximum atomic E-state index is 14.5. The highest BCUT2D eigenvalue weighted by Crippen LogP contribution is 2.35. The lowest BCUT2D eigenvalue weighted by Crippen LogP contribution is -2.46. The van der Waals surface area contributed by atoms with Gasteiger partial charge in [0.2, 0.25) is 0 Å². The van der Waals surface area contributed by atoms with Crippen LogP contribution in [0.3, 0.4) is 0 Å². The van der Waals surface area contributed by atoms with E-state index in [0.29, 0.717) is 34.7 Å². The molecule has 1 fully saturated rings. The van der Waals surface area contributed by atoms with Crippen LogP contribution in [0.15, 0.2) is 48.5 Å². The number of halogens is 2. The van der Waals surface area contributed by atoms with E-state index in [1.807, 2.05) is 41.3 Å². The van der Waals surface area contributed by atoms with Gasteiger partial charge in [0.1, 0.15) is 18.2 Å². The summed E-state index contributed by atoms with van der Waals surface area (Å²) in [4.78, 5) is 15.4. The number of thiophene rings is 1. The number of fused-ring (bicyclic) bond motifs is 1. The molecule has 0 atom stereocenters. The highest BCUT2D eigenvalue weighted by molar-refractivity contribution is 7.21. The first-order valence-electron chi connectivity index (χ1n) is 8.62. The number of ether oxygens (including phenoxy) is 1. The van der Waals surface area contributed by atoms with Gasteiger partial charge in [0.15, 0.2) is 0 Å². The van der Waals surface area contributed by atoms with Crippen LogP contribution in [0, 0.1) is 5.82 Å². The van der Waals surface area contributed by atoms with Crippen molar-refractivity contribution in [2.75, 3.05) is 26.2 Å². The average molecular weight is 407 g/mol. The van der Waals surface area contributed by atoms with E-state index in [0.717, 1.165) is 17.8 Å². The van der Waals surface area contributed by atoms with Gasteiger partial charge in [0.05, 0.1) is 4.88 Å². The van der Waals surface area contributed by atoms with Gasteiger partial charge in [-0.25, -0.2) is 4.39 Å². The minimum absolute atomic E-state index is 0. The van der Waals surface area contributed by atoms with Crippen molar-refractivity contribution in [3.05, 3.63) is 64.8 Å². The number of nitrogens with zero attached hydrogens (tertiary/aromatic N) is 1. The molecular weight excluding hydrogens is 387 g/mol. The highest BCUT2D eigenvalue weighted by atomic mass is 35.5. The smallest absolute Gasteiger partial charge is 0.264 e. The molecule has 0 spiro atoms. The third-order valence-corrected chi connectivity index (χ3v) is 5.67. The molecule has 1 aliphatic heterocycles. The molecule has 0 unspecified atom stereocenters. The number of hydrogen-bond acceptors (Lipinski definition) is 4. The predicted molar refractivity (Wildman–Crippen MR) is 109 cm³/mol. The van der Waals surface area contributed by atoms with Crippen LogP contribution >= 0.6 is 23.7 Å². The van der Waals surface area contributed by atoms with Gasteiger partial charge in [-0.15, -0.1) is 23.7 Å². The molecule has 1 saturated heterocycles. The Morgan fingerprint density at radius 2 is 1.85 bits per heavy atom. The van der Waals surface area contributed by atoms with Crippen LogP contribution in [-0.2, 0) is 6.61 Å². The Morgan fingerprint density at radius 3 is 2.59 bits per heavy atom. The van der Waals surface area contributed by atoms with E-state index in [2.05, 4.69) is 5.32 Å². The summed E-state index contributed by atoms with van der Waals surface area (Å²) in [6.07, 6.45) is 0. The first-order chi connectivity index (χ1) is 12.7. The van der Waals surface area contributed by atoms with Crippen LogP contribution in [0.1, 0.15) is 15.2 Å². The number of piperazine rings is 1. The van der Waals surface area contributed by atoms with Crippen molar-refractivity contribution in [1.82, 2.24) is 10.2 Å². The zero-order valence-corrected chi connectivity index (χ0v) is 16.2. The van der Waals surface area contributed by atoms with Gasteiger partial charge in [-0.05, 0) is 24.3 Å². The minimum atomic E-state index is -0.315. The molecule has 2 heterocycles. The van der Waals surface area contributed by atoms with Gasteiger partial charge in [0.25, 0.3) is 5.91 Å². The summed E-state index contributed by atoms with van der Waals surface area (Å²) in [5, 5.41) is 3.74. The van der Waals surface area contributed by atoms with Crippen molar-refractivity contribution in [1.29, 1.82) is 0 Å². The van der Waals surface area contributed by atoms with E-state index >= 15 is 0 Å². The van der Waals surface area contributed by atoms with Crippen LogP contribution in [0.2, 0.25) is 0 Å². The molecule has 0 bridgehead atoms. The van der Waals surface area contributed by atoms with Crippen molar-refractivity contribution in [2.24, 2.45) is 0 Å². The number of carbonyl (C=O) groups excluding carboxylic acids is 1. The molecule has 0 saturated carbocycles. The molecule has 3 aromatic rings. The molecule has 27 heavy (non-hydrogen) atoms. The molecule has 0 radical (unpaired) electrons. The van der Waals surface area contributed by atoms with Crippen LogP contribution in [0.5, 0.6) is 5.75 Å². The quantitative estimate of drug-likeness (QED) is 0.709. The zero-order valence-electron chi connectivity index (χ0n) is 14.6. The van der Waals surface area contributed by atoms with Crippen molar-refractivity contribution in [2.45, 2.75) is 6.61 Å². The first kappa shape index (κ1) is 19.6. The number of benzene rings is 2. The SMILES string of the molecule is Cl.O=C(c1sc2cccc(F)c2c1COc1ccccc1)N1CCNCC1. The van der Waals surface area contributed by atoms with Crippen LogP contribution in [0.4, 0.5) is 4.39 Å². The van der Waals surface area contributed by atoms with Crippen LogP contribution in [0.25, 0.3) is 10.1 Å². The Hall–Kier alpha value is -2.15. The second-order valence-electron chi connectivity index (χ2n) is 6.17. The molecule has 4 nitrogen and oxygen atoms in total. The minimum Gasteiger partial charge on any atom is -0.489 e. The molecule has 1 aromatic heterocycles. The van der Waals surface area contributed by atoms with E-state index in [1.165, 1.54) is 17.4 Å². The van der Waals surface area contributed by atoms with Gasteiger partial charge < -0.3 is 15.0 Å². The van der Waals surface area contributed by atoms with Crippen molar-refractivity contribution in [3.63, 3.8) is 0 Å². The summed E-state index contributed by atoms with van der Waals surface area (Å²) in [6, 6.07) is 14.3. The Labute approximate surface area is 167 Å². The fourth-order valence-electron chi connectivity index (χ4n) is 3.16. The van der Waals surface area contributed by atoms with E-state index in [4.69, 9.17) is 4.74 Å². The fourth-order valence-corrected chi connectivity index (χ4v) is 4.35. The molecule has 0 aliphatic carbocycles. The summed E-state index contributed by atoms with van der Waals surface area (Å²) in [5.41, 5.74) is 0.635. The molecule has 142 valence electrons. The lowest BCUT2D eigenvalue weighted by atomic mass is 10.1. The second kappa shape index (κ2) is 8.69. The number of para-hydroxylation sites is 1. The topological polar surface area (TPSA) is 41.6 Å².